The van der Waals surface area contributed by atoms with E-state index in [-0.39, 0.29) is 36.3 Å². The number of aromatic nitrogens is 1. The zero-order valence-corrected chi connectivity index (χ0v) is 14.1. The molecule has 0 radical (unpaired) electrons. The number of nitrogens with two attached hydrogens (primary N) is 1. The van der Waals surface area contributed by atoms with E-state index in [4.69, 9.17) is 5.73 Å². The fourth-order valence-electron chi connectivity index (χ4n) is 2.60. The van der Waals surface area contributed by atoms with Gasteiger partial charge in [0.25, 0.3) is 0 Å². The monoisotopic (exact) mass is 339 g/mol. The number of halogens is 2. The Morgan fingerprint density at radius 1 is 1.50 bits per heavy atom. The van der Waals surface area contributed by atoms with Gasteiger partial charge >= 0.3 is 0 Å². The molecule has 1 heterocycles. The summed E-state index contributed by atoms with van der Waals surface area (Å²) in [5.74, 6) is -0.0334. The van der Waals surface area contributed by atoms with Gasteiger partial charge < -0.3 is 11.1 Å². The van der Waals surface area contributed by atoms with Crippen molar-refractivity contribution < 1.29 is 4.79 Å². The second-order valence-electron chi connectivity index (χ2n) is 5.01. The van der Waals surface area contributed by atoms with Crippen LogP contribution < -0.4 is 11.1 Å². The van der Waals surface area contributed by atoms with E-state index in [2.05, 4.69) is 10.3 Å². The molecule has 1 unspecified atom stereocenters. The van der Waals surface area contributed by atoms with Crippen molar-refractivity contribution in [1.29, 1.82) is 0 Å². The molecule has 1 aliphatic carbocycles. The Balaban J connectivity index is 0.00000180. The molecular weight excluding hydrogens is 317 g/mol. The quantitative estimate of drug-likeness (QED) is 0.866. The van der Waals surface area contributed by atoms with E-state index < -0.39 is 6.04 Å². The summed E-state index contributed by atoms with van der Waals surface area (Å²) in [6.07, 6.45) is 7.71. The van der Waals surface area contributed by atoms with Crippen LogP contribution in [0, 0.1) is 0 Å². The molecule has 2 rings (SSSR count). The van der Waals surface area contributed by atoms with Crippen LogP contribution in [0.15, 0.2) is 11.6 Å². The normalized spacial score (nSPS) is 17.7. The van der Waals surface area contributed by atoms with Crippen molar-refractivity contribution in [3.05, 3.63) is 16.6 Å². The second kappa shape index (κ2) is 8.82. The molecule has 116 valence electrons. The van der Waals surface area contributed by atoms with Crippen LogP contribution in [-0.2, 0) is 10.3 Å². The lowest BCUT2D eigenvalue weighted by atomic mass is 9.97. The molecule has 0 spiro atoms. The van der Waals surface area contributed by atoms with Gasteiger partial charge in [-0.3, -0.25) is 4.79 Å². The minimum Gasteiger partial charge on any atom is -0.343 e. The molecule has 1 aliphatic rings. The summed E-state index contributed by atoms with van der Waals surface area (Å²) < 4.78 is 0. The van der Waals surface area contributed by atoms with Gasteiger partial charge in [-0.15, -0.1) is 36.2 Å². The van der Waals surface area contributed by atoms with Crippen LogP contribution in [0.3, 0.4) is 0 Å². The van der Waals surface area contributed by atoms with Gasteiger partial charge in [-0.1, -0.05) is 26.2 Å². The maximum Gasteiger partial charge on any atom is 0.237 e. The van der Waals surface area contributed by atoms with E-state index in [1.165, 1.54) is 0 Å². The molecular formula is C13H23Cl2N3OS. The Kier molecular flexibility index (Phi) is 8.66. The SMILES string of the molecule is CCCC(N)C(=O)NC1(c2nccs2)CCCC1.Cl.Cl. The van der Waals surface area contributed by atoms with Crippen LogP contribution in [0.25, 0.3) is 0 Å². The Hall–Kier alpha value is -0.360. The average molecular weight is 340 g/mol. The predicted molar refractivity (Wildman–Crippen MR) is 87.8 cm³/mol. The van der Waals surface area contributed by atoms with Crippen molar-refractivity contribution in [2.45, 2.75) is 57.0 Å². The lowest BCUT2D eigenvalue weighted by Gasteiger charge is -2.29. The molecule has 3 N–H and O–H groups in total. The van der Waals surface area contributed by atoms with E-state index in [9.17, 15) is 4.79 Å². The summed E-state index contributed by atoms with van der Waals surface area (Å²) in [5, 5.41) is 6.15. The highest BCUT2D eigenvalue weighted by Gasteiger charge is 2.39. The lowest BCUT2D eigenvalue weighted by molar-refractivity contribution is -0.124. The molecule has 7 heteroatoms. The number of nitrogens with zero attached hydrogens (tertiary/aromatic N) is 1. The molecule has 4 nitrogen and oxygen atoms in total. The molecule has 1 aromatic rings. The van der Waals surface area contributed by atoms with Gasteiger partial charge in [-0.2, -0.15) is 0 Å². The molecule has 0 bridgehead atoms. The number of carbonyl (C=O) groups excluding carboxylic acids is 1. The fraction of sp³-hybridized carbons (Fsp3) is 0.692. The number of hydrogen-bond donors (Lipinski definition) is 2. The zero-order chi connectivity index (χ0) is 13.0. The van der Waals surface area contributed by atoms with Crippen LogP contribution in [0.2, 0.25) is 0 Å². The minimum atomic E-state index is -0.396. The Labute approximate surface area is 136 Å². The molecule has 1 aromatic heterocycles. The topological polar surface area (TPSA) is 68.0 Å². The Bertz CT molecular complexity index is 394. The average Bonchev–Trinajstić information content (AvgIpc) is 3.00. The number of amides is 1. The van der Waals surface area contributed by atoms with Gasteiger partial charge in [-0.05, 0) is 19.3 Å². The van der Waals surface area contributed by atoms with Gasteiger partial charge in [0.05, 0.1) is 11.6 Å². The number of thiazole rings is 1. The Morgan fingerprint density at radius 2 is 2.15 bits per heavy atom. The standard InChI is InChI=1S/C13H21N3OS.2ClH/c1-2-5-10(14)11(17)16-13(6-3-4-7-13)12-15-8-9-18-12;;/h8-10H,2-7,14H2,1H3,(H,16,17);2*1H. The van der Waals surface area contributed by atoms with Crippen molar-refractivity contribution >= 4 is 42.1 Å². The van der Waals surface area contributed by atoms with E-state index in [1.807, 2.05) is 12.3 Å². The number of carbonyl (C=O) groups is 1. The van der Waals surface area contributed by atoms with Crippen molar-refractivity contribution in [2.24, 2.45) is 5.73 Å². The van der Waals surface area contributed by atoms with Crippen molar-refractivity contribution in [3.63, 3.8) is 0 Å². The predicted octanol–water partition coefficient (Wildman–Crippen LogP) is 3.00. The molecule has 20 heavy (non-hydrogen) atoms. The first-order valence-corrected chi connectivity index (χ1v) is 7.53. The molecule has 0 aliphatic heterocycles. The fourth-order valence-corrected chi connectivity index (χ4v) is 3.45. The first-order chi connectivity index (χ1) is 8.68. The number of nitrogens with one attached hydrogen (secondary N) is 1. The molecule has 1 atom stereocenters. The van der Waals surface area contributed by atoms with E-state index in [0.29, 0.717) is 0 Å². The first-order valence-electron chi connectivity index (χ1n) is 6.65. The van der Waals surface area contributed by atoms with Crippen LogP contribution >= 0.6 is 36.2 Å². The van der Waals surface area contributed by atoms with E-state index in [1.54, 1.807) is 17.5 Å². The smallest absolute Gasteiger partial charge is 0.237 e. The molecule has 1 amide bonds. The summed E-state index contributed by atoms with van der Waals surface area (Å²) >= 11 is 1.62. The summed E-state index contributed by atoms with van der Waals surface area (Å²) in [5.41, 5.74) is 5.64. The highest BCUT2D eigenvalue weighted by molar-refractivity contribution is 7.09. The third-order valence-corrected chi connectivity index (χ3v) is 4.57. The number of rotatable bonds is 5. The van der Waals surface area contributed by atoms with Crippen molar-refractivity contribution in [1.82, 2.24) is 10.3 Å². The minimum absolute atomic E-state index is 0. The highest BCUT2D eigenvalue weighted by atomic mass is 35.5. The molecule has 0 aromatic carbocycles. The largest absolute Gasteiger partial charge is 0.343 e. The Morgan fingerprint density at radius 3 is 2.65 bits per heavy atom. The van der Waals surface area contributed by atoms with Gasteiger partial charge in [0, 0.05) is 11.6 Å². The molecule has 1 fully saturated rings. The third kappa shape index (κ3) is 4.32. The van der Waals surface area contributed by atoms with Gasteiger partial charge in [0.2, 0.25) is 5.91 Å². The van der Waals surface area contributed by atoms with Gasteiger partial charge in [-0.25, -0.2) is 4.98 Å². The van der Waals surface area contributed by atoms with Crippen LogP contribution in [-0.4, -0.2) is 16.9 Å². The maximum absolute atomic E-state index is 12.1. The van der Waals surface area contributed by atoms with Crippen molar-refractivity contribution in [2.75, 3.05) is 0 Å². The van der Waals surface area contributed by atoms with Crippen LogP contribution in [0.5, 0.6) is 0 Å². The summed E-state index contributed by atoms with van der Waals surface area (Å²) in [7, 11) is 0. The third-order valence-electron chi connectivity index (χ3n) is 3.60. The molecule has 0 saturated heterocycles. The summed E-state index contributed by atoms with van der Waals surface area (Å²) in [6.45, 7) is 2.04. The number of hydrogen-bond acceptors (Lipinski definition) is 4. The van der Waals surface area contributed by atoms with Crippen LogP contribution in [0.4, 0.5) is 0 Å². The lowest BCUT2D eigenvalue weighted by Crippen LogP contribution is -2.50. The van der Waals surface area contributed by atoms with E-state index >= 15 is 0 Å². The summed E-state index contributed by atoms with van der Waals surface area (Å²) in [4.78, 5) is 16.5. The molecule has 1 saturated carbocycles. The first kappa shape index (κ1) is 19.6. The van der Waals surface area contributed by atoms with Gasteiger partial charge in [0.15, 0.2) is 0 Å². The van der Waals surface area contributed by atoms with Crippen molar-refractivity contribution in [3.8, 4) is 0 Å². The maximum atomic E-state index is 12.1. The van der Waals surface area contributed by atoms with E-state index in [0.717, 1.165) is 43.5 Å². The van der Waals surface area contributed by atoms with Crippen LogP contribution in [0.1, 0.15) is 50.5 Å². The second-order valence-corrected chi connectivity index (χ2v) is 5.91. The van der Waals surface area contributed by atoms with Gasteiger partial charge in [0.1, 0.15) is 5.01 Å². The zero-order valence-electron chi connectivity index (χ0n) is 11.6. The summed E-state index contributed by atoms with van der Waals surface area (Å²) in [6, 6.07) is -0.396. The highest BCUT2D eigenvalue weighted by Crippen LogP contribution is 2.39.